The first-order valence-corrected chi connectivity index (χ1v) is 7.06. The van der Waals surface area contributed by atoms with Crippen LogP contribution in [0.3, 0.4) is 0 Å². The van der Waals surface area contributed by atoms with Crippen LogP contribution in [0.15, 0.2) is 24.3 Å². The Bertz CT molecular complexity index is 507. The van der Waals surface area contributed by atoms with E-state index in [1.54, 1.807) is 0 Å². The molecule has 114 valence electrons. The Kier molecular flexibility index (Phi) is 4.26. The van der Waals surface area contributed by atoms with Gasteiger partial charge in [-0.2, -0.15) is 0 Å². The Morgan fingerprint density at radius 3 is 3.00 bits per heavy atom. The van der Waals surface area contributed by atoms with E-state index in [1.807, 2.05) is 24.3 Å². The molecule has 2 heterocycles. The van der Waals surface area contributed by atoms with E-state index in [1.165, 1.54) is 7.11 Å². The highest BCUT2D eigenvalue weighted by atomic mass is 16.6. The molecule has 0 N–H and O–H groups in total. The zero-order valence-corrected chi connectivity index (χ0v) is 12.0. The lowest BCUT2D eigenvalue weighted by molar-refractivity contribution is -0.160. The number of hydrogen-bond acceptors (Lipinski definition) is 6. The van der Waals surface area contributed by atoms with Gasteiger partial charge >= 0.3 is 5.97 Å². The van der Waals surface area contributed by atoms with Crippen LogP contribution in [0.4, 0.5) is 0 Å². The molecule has 6 heteroatoms. The average molecular weight is 293 g/mol. The maximum Gasteiger partial charge on any atom is 0.336 e. The number of methoxy groups -OCH3 is 1. The molecule has 2 unspecified atom stereocenters. The molecule has 0 amide bonds. The second-order valence-corrected chi connectivity index (χ2v) is 5.14. The highest BCUT2D eigenvalue weighted by Gasteiger charge is 2.30. The minimum absolute atomic E-state index is 0.0451. The van der Waals surface area contributed by atoms with Crippen molar-refractivity contribution in [1.29, 1.82) is 0 Å². The molecule has 0 bridgehead atoms. The van der Waals surface area contributed by atoms with Crippen LogP contribution in [0.1, 0.15) is 0 Å². The van der Waals surface area contributed by atoms with E-state index in [0.29, 0.717) is 26.3 Å². The number of nitrogens with zero attached hydrogens (tertiary/aromatic N) is 1. The Labute approximate surface area is 123 Å². The summed E-state index contributed by atoms with van der Waals surface area (Å²) in [5.74, 6) is 1.22. The van der Waals surface area contributed by atoms with E-state index >= 15 is 0 Å². The van der Waals surface area contributed by atoms with Crippen molar-refractivity contribution in [3.05, 3.63) is 24.3 Å². The largest absolute Gasteiger partial charge is 0.486 e. The minimum Gasteiger partial charge on any atom is -0.486 e. The lowest BCUT2D eigenvalue weighted by Crippen LogP contribution is -2.50. The lowest BCUT2D eigenvalue weighted by Gasteiger charge is -2.35. The average Bonchev–Trinajstić information content (AvgIpc) is 2.54. The fourth-order valence-corrected chi connectivity index (χ4v) is 2.58. The highest BCUT2D eigenvalue weighted by molar-refractivity contribution is 5.74. The van der Waals surface area contributed by atoms with E-state index in [0.717, 1.165) is 18.0 Å². The molecule has 3 rings (SSSR count). The quantitative estimate of drug-likeness (QED) is 0.765. The minimum atomic E-state index is -0.513. The second-order valence-electron chi connectivity index (χ2n) is 5.14. The lowest BCUT2D eigenvalue weighted by atomic mass is 10.2. The summed E-state index contributed by atoms with van der Waals surface area (Å²) in [6.45, 7) is 3.02. The predicted octanol–water partition coefficient (Wildman–Crippen LogP) is 0.700. The summed E-state index contributed by atoms with van der Waals surface area (Å²) in [6.07, 6.45) is -0.558. The SMILES string of the molecule is COC(=O)C1CN(CC2COc3ccccc3O2)CCO1. The first-order chi connectivity index (χ1) is 10.3. The fraction of sp³-hybridized carbons (Fsp3) is 0.533. The molecule has 0 aliphatic carbocycles. The number of hydrogen-bond donors (Lipinski definition) is 0. The molecule has 0 radical (unpaired) electrons. The Morgan fingerprint density at radius 1 is 1.38 bits per heavy atom. The molecule has 0 spiro atoms. The molecular formula is C15H19NO5. The van der Waals surface area contributed by atoms with Crippen LogP contribution in [-0.2, 0) is 14.3 Å². The van der Waals surface area contributed by atoms with Gasteiger partial charge in [-0.25, -0.2) is 4.79 Å². The summed E-state index contributed by atoms with van der Waals surface area (Å²) in [6, 6.07) is 7.64. The molecule has 2 aliphatic heterocycles. The van der Waals surface area contributed by atoms with Crippen LogP contribution in [0.5, 0.6) is 11.5 Å². The summed E-state index contributed by atoms with van der Waals surface area (Å²) in [4.78, 5) is 13.7. The van der Waals surface area contributed by atoms with E-state index in [2.05, 4.69) is 4.90 Å². The molecule has 0 aromatic heterocycles. The second kappa shape index (κ2) is 6.32. The molecule has 21 heavy (non-hydrogen) atoms. The van der Waals surface area contributed by atoms with Crippen LogP contribution < -0.4 is 9.47 Å². The summed E-state index contributed by atoms with van der Waals surface area (Å²) in [5.41, 5.74) is 0. The van der Waals surface area contributed by atoms with Gasteiger partial charge in [-0.3, -0.25) is 4.90 Å². The van der Waals surface area contributed by atoms with Gasteiger partial charge in [-0.1, -0.05) is 12.1 Å². The number of carbonyl (C=O) groups is 1. The van der Waals surface area contributed by atoms with Crippen molar-refractivity contribution in [3.8, 4) is 11.5 Å². The van der Waals surface area contributed by atoms with Crippen molar-refractivity contribution < 1.29 is 23.7 Å². The standard InChI is InChI=1S/C15H19NO5/c1-18-15(17)14-9-16(6-7-19-14)8-11-10-20-12-4-2-3-5-13(12)21-11/h2-5,11,14H,6-10H2,1H3. The Hall–Kier alpha value is -1.79. The van der Waals surface area contributed by atoms with Crippen molar-refractivity contribution in [3.63, 3.8) is 0 Å². The highest BCUT2D eigenvalue weighted by Crippen LogP contribution is 2.31. The molecular weight excluding hydrogens is 274 g/mol. The zero-order chi connectivity index (χ0) is 14.7. The van der Waals surface area contributed by atoms with Gasteiger partial charge in [0.25, 0.3) is 0 Å². The first-order valence-electron chi connectivity index (χ1n) is 7.06. The number of benzene rings is 1. The Morgan fingerprint density at radius 2 is 2.19 bits per heavy atom. The fourth-order valence-electron chi connectivity index (χ4n) is 2.58. The smallest absolute Gasteiger partial charge is 0.336 e. The normalized spacial score (nSPS) is 25.4. The van der Waals surface area contributed by atoms with Crippen LogP contribution in [0.25, 0.3) is 0 Å². The summed E-state index contributed by atoms with van der Waals surface area (Å²) in [7, 11) is 1.37. The monoisotopic (exact) mass is 293 g/mol. The number of para-hydroxylation sites is 2. The van der Waals surface area contributed by atoms with Crippen molar-refractivity contribution in [2.45, 2.75) is 12.2 Å². The molecule has 6 nitrogen and oxygen atoms in total. The summed E-state index contributed by atoms with van der Waals surface area (Å²) >= 11 is 0. The number of fused-ring (bicyclic) bond motifs is 1. The third-order valence-electron chi connectivity index (χ3n) is 3.64. The maximum atomic E-state index is 11.5. The van der Waals surface area contributed by atoms with E-state index in [4.69, 9.17) is 18.9 Å². The molecule has 1 fully saturated rings. The summed E-state index contributed by atoms with van der Waals surface area (Å²) in [5, 5.41) is 0. The molecule has 1 aromatic rings. The maximum absolute atomic E-state index is 11.5. The van der Waals surface area contributed by atoms with Crippen LogP contribution >= 0.6 is 0 Å². The molecule has 2 aliphatic rings. The van der Waals surface area contributed by atoms with Crippen LogP contribution in [0.2, 0.25) is 0 Å². The number of morpholine rings is 1. The number of carbonyl (C=O) groups excluding carboxylic acids is 1. The van der Waals surface area contributed by atoms with Crippen molar-refractivity contribution >= 4 is 5.97 Å². The van der Waals surface area contributed by atoms with Gasteiger partial charge in [-0.15, -0.1) is 0 Å². The van der Waals surface area contributed by atoms with Gasteiger partial charge in [0, 0.05) is 19.6 Å². The Balaban J connectivity index is 1.56. The molecule has 1 aromatic carbocycles. The van der Waals surface area contributed by atoms with Gasteiger partial charge in [0.05, 0.1) is 13.7 Å². The van der Waals surface area contributed by atoms with Gasteiger partial charge in [0.1, 0.15) is 12.7 Å². The zero-order valence-electron chi connectivity index (χ0n) is 12.0. The number of esters is 1. The topological polar surface area (TPSA) is 57.2 Å². The molecule has 1 saturated heterocycles. The number of ether oxygens (including phenoxy) is 4. The van der Waals surface area contributed by atoms with E-state index in [9.17, 15) is 4.79 Å². The number of rotatable bonds is 3. The van der Waals surface area contributed by atoms with Crippen LogP contribution in [0, 0.1) is 0 Å². The summed E-state index contributed by atoms with van der Waals surface area (Å²) < 4.78 is 21.8. The van der Waals surface area contributed by atoms with Gasteiger partial charge in [0.2, 0.25) is 0 Å². The molecule has 2 atom stereocenters. The van der Waals surface area contributed by atoms with Crippen molar-refractivity contribution in [2.75, 3.05) is 40.0 Å². The van der Waals surface area contributed by atoms with Gasteiger partial charge in [0.15, 0.2) is 17.6 Å². The predicted molar refractivity (Wildman–Crippen MR) is 74.5 cm³/mol. The van der Waals surface area contributed by atoms with Gasteiger partial charge in [-0.05, 0) is 12.1 Å². The van der Waals surface area contributed by atoms with Crippen molar-refractivity contribution in [1.82, 2.24) is 4.90 Å². The van der Waals surface area contributed by atoms with E-state index in [-0.39, 0.29) is 12.1 Å². The van der Waals surface area contributed by atoms with Crippen LogP contribution in [-0.4, -0.2) is 63.0 Å². The first kappa shape index (κ1) is 14.2. The molecule has 0 saturated carbocycles. The van der Waals surface area contributed by atoms with E-state index < -0.39 is 6.10 Å². The third-order valence-corrected chi connectivity index (χ3v) is 3.64. The van der Waals surface area contributed by atoms with Crippen molar-refractivity contribution in [2.24, 2.45) is 0 Å². The van der Waals surface area contributed by atoms with Gasteiger partial charge < -0.3 is 18.9 Å². The third kappa shape index (κ3) is 3.28.